The van der Waals surface area contributed by atoms with Gasteiger partial charge in [-0.2, -0.15) is 0 Å². The van der Waals surface area contributed by atoms with E-state index in [-0.39, 0.29) is 6.42 Å². The summed E-state index contributed by atoms with van der Waals surface area (Å²) in [6, 6.07) is 7.02. The zero-order chi connectivity index (χ0) is 15.7. The number of carbonyl (C=O) groups excluding carboxylic acids is 1. The second kappa shape index (κ2) is 8.41. The standard InChI is InChI=1S/C14H20F2N2O3/c1-20-11-4-6-12(7-5-11)21-8-2-3-13(19)18-10-14(15,16)9-17/h4-7H,2-3,8-10,17H2,1H3,(H,18,19). The largest absolute Gasteiger partial charge is 0.497 e. The Hall–Kier alpha value is -1.89. The highest BCUT2D eigenvalue weighted by atomic mass is 19.3. The van der Waals surface area contributed by atoms with E-state index < -0.39 is 24.9 Å². The molecule has 3 N–H and O–H groups in total. The molecule has 5 nitrogen and oxygen atoms in total. The minimum Gasteiger partial charge on any atom is -0.497 e. The van der Waals surface area contributed by atoms with Gasteiger partial charge in [0.15, 0.2) is 0 Å². The SMILES string of the molecule is COc1ccc(OCCCC(=O)NCC(F)(F)CN)cc1. The minimum atomic E-state index is -3.06. The van der Waals surface area contributed by atoms with Crippen LogP contribution in [0.5, 0.6) is 11.5 Å². The maximum Gasteiger partial charge on any atom is 0.277 e. The van der Waals surface area contributed by atoms with Gasteiger partial charge in [-0.1, -0.05) is 0 Å². The molecule has 0 radical (unpaired) electrons. The van der Waals surface area contributed by atoms with Crippen molar-refractivity contribution in [2.24, 2.45) is 5.73 Å². The van der Waals surface area contributed by atoms with Crippen molar-refractivity contribution in [2.45, 2.75) is 18.8 Å². The third-order valence-corrected chi connectivity index (χ3v) is 2.72. The fourth-order valence-corrected chi connectivity index (χ4v) is 1.48. The van der Waals surface area contributed by atoms with Gasteiger partial charge in [0.2, 0.25) is 5.91 Å². The monoisotopic (exact) mass is 302 g/mol. The van der Waals surface area contributed by atoms with Gasteiger partial charge in [0.1, 0.15) is 11.5 Å². The number of nitrogens with two attached hydrogens (primary N) is 1. The van der Waals surface area contributed by atoms with Crippen LogP contribution < -0.4 is 20.5 Å². The van der Waals surface area contributed by atoms with Crippen molar-refractivity contribution in [3.8, 4) is 11.5 Å². The maximum absolute atomic E-state index is 12.8. The summed E-state index contributed by atoms with van der Waals surface area (Å²) >= 11 is 0. The van der Waals surface area contributed by atoms with Gasteiger partial charge in [-0.3, -0.25) is 4.79 Å². The Bertz CT molecular complexity index is 438. The zero-order valence-electron chi connectivity index (χ0n) is 11.9. The zero-order valence-corrected chi connectivity index (χ0v) is 11.9. The topological polar surface area (TPSA) is 73.6 Å². The molecule has 0 unspecified atom stereocenters. The van der Waals surface area contributed by atoms with Crippen LogP contribution in [0.3, 0.4) is 0 Å². The summed E-state index contributed by atoms with van der Waals surface area (Å²) in [6.07, 6.45) is 0.558. The van der Waals surface area contributed by atoms with Crippen molar-refractivity contribution in [2.75, 3.05) is 26.8 Å². The first-order valence-electron chi connectivity index (χ1n) is 6.58. The van der Waals surface area contributed by atoms with E-state index in [4.69, 9.17) is 15.2 Å². The van der Waals surface area contributed by atoms with Crippen molar-refractivity contribution in [1.82, 2.24) is 5.32 Å². The van der Waals surface area contributed by atoms with Crippen LogP contribution in [0.15, 0.2) is 24.3 Å². The van der Waals surface area contributed by atoms with Crippen LogP contribution in [0.1, 0.15) is 12.8 Å². The number of carbonyl (C=O) groups is 1. The van der Waals surface area contributed by atoms with Crippen LogP contribution >= 0.6 is 0 Å². The number of ether oxygens (including phenoxy) is 2. The quantitative estimate of drug-likeness (QED) is 0.679. The summed E-state index contributed by atoms with van der Waals surface area (Å²) in [7, 11) is 1.57. The molecule has 7 heteroatoms. The number of halogens is 2. The minimum absolute atomic E-state index is 0.122. The normalized spacial score (nSPS) is 11.0. The predicted octanol–water partition coefficient (Wildman–Crippen LogP) is 1.56. The molecular formula is C14H20F2N2O3. The Morgan fingerprint density at radius 3 is 2.48 bits per heavy atom. The predicted molar refractivity (Wildman–Crippen MR) is 74.7 cm³/mol. The molecule has 0 heterocycles. The molecule has 118 valence electrons. The van der Waals surface area contributed by atoms with Crippen molar-refractivity contribution >= 4 is 5.91 Å². The van der Waals surface area contributed by atoms with Gasteiger partial charge < -0.3 is 20.5 Å². The first-order chi connectivity index (χ1) is 9.96. The molecule has 0 spiro atoms. The van der Waals surface area contributed by atoms with Crippen LogP contribution in [0, 0.1) is 0 Å². The van der Waals surface area contributed by atoms with Gasteiger partial charge >= 0.3 is 0 Å². The van der Waals surface area contributed by atoms with Gasteiger partial charge in [-0.05, 0) is 30.7 Å². The highest BCUT2D eigenvalue weighted by Crippen LogP contribution is 2.17. The molecule has 1 rings (SSSR count). The van der Waals surface area contributed by atoms with Crippen molar-refractivity contribution in [3.05, 3.63) is 24.3 Å². The molecule has 0 bridgehead atoms. The lowest BCUT2D eigenvalue weighted by Gasteiger charge is -2.14. The third kappa shape index (κ3) is 6.89. The lowest BCUT2D eigenvalue weighted by molar-refractivity contribution is -0.123. The molecule has 0 saturated heterocycles. The van der Waals surface area contributed by atoms with Gasteiger partial charge in [-0.25, -0.2) is 8.78 Å². The average molecular weight is 302 g/mol. The Morgan fingerprint density at radius 2 is 1.90 bits per heavy atom. The fourth-order valence-electron chi connectivity index (χ4n) is 1.48. The van der Waals surface area contributed by atoms with Crippen LogP contribution in [-0.4, -0.2) is 38.6 Å². The van der Waals surface area contributed by atoms with E-state index in [1.807, 2.05) is 0 Å². The van der Waals surface area contributed by atoms with Crippen LogP contribution in [-0.2, 0) is 4.79 Å². The number of nitrogens with one attached hydrogen (secondary N) is 1. The Balaban J connectivity index is 2.17. The van der Waals surface area contributed by atoms with E-state index in [2.05, 4.69) is 5.32 Å². The number of alkyl halides is 2. The van der Waals surface area contributed by atoms with E-state index >= 15 is 0 Å². The first-order valence-corrected chi connectivity index (χ1v) is 6.58. The van der Waals surface area contributed by atoms with E-state index in [1.54, 1.807) is 31.4 Å². The van der Waals surface area contributed by atoms with E-state index in [0.29, 0.717) is 18.8 Å². The summed E-state index contributed by atoms with van der Waals surface area (Å²) < 4.78 is 36.1. The number of hydrogen-bond acceptors (Lipinski definition) is 4. The second-order valence-electron chi connectivity index (χ2n) is 4.46. The molecule has 21 heavy (non-hydrogen) atoms. The van der Waals surface area contributed by atoms with E-state index in [9.17, 15) is 13.6 Å². The lowest BCUT2D eigenvalue weighted by Crippen LogP contribution is -2.41. The molecule has 0 atom stereocenters. The van der Waals surface area contributed by atoms with Crippen molar-refractivity contribution in [3.63, 3.8) is 0 Å². The summed E-state index contributed by atoms with van der Waals surface area (Å²) in [6.45, 7) is -1.19. The van der Waals surface area contributed by atoms with Crippen LogP contribution in [0.25, 0.3) is 0 Å². The van der Waals surface area contributed by atoms with Crippen molar-refractivity contribution in [1.29, 1.82) is 0 Å². The van der Waals surface area contributed by atoms with Crippen molar-refractivity contribution < 1.29 is 23.0 Å². The number of amides is 1. The molecule has 1 aromatic carbocycles. The molecule has 0 fully saturated rings. The molecule has 0 aliphatic carbocycles. The first kappa shape index (κ1) is 17.2. The van der Waals surface area contributed by atoms with Crippen LogP contribution in [0.2, 0.25) is 0 Å². The second-order valence-corrected chi connectivity index (χ2v) is 4.46. The van der Waals surface area contributed by atoms with E-state index in [0.717, 1.165) is 5.75 Å². The molecule has 0 aromatic heterocycles. The summed E-state index contributed by atoms with van der Waals surface area (Å²) in [5.41, 5.74) is 4.87. The molecule has 0 saturated carbocycles. The van der Waals surface area contributed by atoms with Gasteiger partial charge in [0, 0.05) is 6.42 Å². The summed E-state index contributed by atoms with van der Waals surface area (Å²) in [4.78, 5) is 11.3. The van der Waals surface area contributed by atoms with Gasteiger partial charge in [0.25, 0.3) is 5.92 Å². The Labute approximate surface area is 122 Å². The highest BCUT2D eigenvalue weighted by Gasteiger charge is 2.26. The van der Waals surface area contributed by atoms with E-state index in [1.165, 1.54) is 0 Å². The average Bonchev–Trinajstić information content (AvgIpc) is 2.50. The molecule has 1 aromatic rings. The molecule has 0 aliphatic heterocycles. The number of rotatable bonds is 9. The lowest BCUT2D eigenvalue weighted by atomic mass is 10.3. The highest BCUT2D eigenvalue weighted by molar-refractivity contribution is 5.75. The smallest absolute Gasteiger partial charge is 0.277 e. The molecular weight excluding hydrogens is 282 g/mol. The Morgan fingerprint density at radius 1 is 1.29 bits per heavy atom. The van der Waals surface area contributed by atoms with Gasteiger partial charge in [-0.15, -0.1) is 0 Å². The number of hydrogen-bond donors (Lipinski definition) is 2. The number of methoxy groups -OCH3 is 1. The van der Waals surface area contributed by atoms with Crippen LogP contribution in [0.4, 0.5) is 8.78 Å². The maximum atomic E-state index is 12.8. The third-order valence-electron chi connectivity index (χ3n) is 2.72. The Kier molecular flexibility index (Phi) is 6.87. The fraction of sp³-hybridized carbons (Fsp3) is 0.500. The molecule has 1 amide bonds. The number of benzene rings is 1. The summed E-state index contributed by atoms with van der Waals surface area (Å²) in [5, 5.41) is 2.15. The summed E-state index contributed by atoms with van der Waals surface area (Å²) in [5.74, 6) is -2.12. The molecule has 0 aliphatic rings. The van der Waals surface area contributed by atoms with Gasteiger partial charge in [0.05, 0.1) is 26.8 Å².